The fraction of sp³-hybridized carbons (Fsp3) is 0.0263. The summed E-state index contributed by atoms with van der Waals surface area (Å²) < 4.78 is 7.26. The van der Waals surface area contributed by atoms with E-state index in [0.29, 0.717) is 0 Å². The van der Waals surface area contributed by atoms with E-state index < -0.39 is 10.8 Å². The summed E-state index contributed by atoms with van der Waals surface area (Å²) in [5.41, 5.74) is 21.8. The van der Waals surface area contributed by atoms with Crippen LogP contribution in [-0.4, -0.2) is 0 Å². The molecule has 1 spiro atoms. The Bertz CT molecular complexity index is 4380. The Balaban J connectivity index is 0.877. The SMILES string of the molecule is c1ccc(-c2ccc(N(c3ccc(-c4cccc5c4-c4ccccc4C54c5ccc6ccccc6c5Oc5c4ccc4ccccc54)cc3)c3ccc4c(c3)-c3ccccc3C4(c3ccccc3)c3ccccc3)cc2)cc1. The molecule has 0 saturated carbocycles. The molecule has 2 heteroatoms. The van der Waals surface area contributed by atoms with Gasteiger partial charge in [-0.1, -0.05) is 261 Å². The van der Waals surface area contributed by atoms with Crippen molar-refractivity contribution >= 4 is 38.6 Å². The molecule has 0 N–H and O–H groups in total. The van der Waals surface area contributed by atoms with Crippen LogP contribution in [0.3, 0.4) is 0 Å². The van der Waals surface area contributed by atoms with Crippen molar-refractivity contribution in [1.29, 1.82) is 0 Å². The number of nitrogens with zero attached hydrogens (tertiary/aromatic N) is 1. The Labute approximate surface area is 454 Å². The second-order valence-electron chi connectivity index (χ2n) is 21.0. The second kappa shape index (κ2) is 17.3. The smallest absolute Gasteiger partial charge is 0.140 e. The minimum atomic E-state index is -0.633. The summed E-state index contributed by atoms with van der Waals surface area (Å²) >= 11 is 0. The topological polar surface area (TPSA) is 12.5 Å². The average Bonchev–Trinajstić information content (AvgIpc) is 3.83. The van der Waals surface area contributed by atoms with E-state index in [1.165, 1.54) is 83.5 Å². The molecule has 78 heavy (non-hydrogen) atoms. The Morgan fingerprint density at radius 1 is 0.256 bits per heavy atom. The first-order chi connectivity index (χ1) is 38.7. The van der Waals surface area contributed by atoms with Gasteiger partial charge in [-0.2, -0.15) is 0 Å². The molecule has 364 valence electrons. The third kappa shape index (κ3) is 6.26. The summed E-state index contributed by atoms with van der Waals surface area (Å²) in [7, 11) is 0. The minimum Gasteiger partial charge on any atom is -0.455 e. The van der Waals surface area contributed by atoms with Crippen molar-refractivity contribution in [2.45, 2.75) is 10.8 Å². The Hall–Kier alpha value is -10.0. The van der Waals surface area contributed by atoms with E-state index in [4.69, 9.17) is 4.74 Å². The molecule has 3 aliphatic rings. The lowest BCUT2D eigenvalue weighted by Crippen LogP contribution is -2.32. The lowest BCUT2D eigenvalue weighted by atomic mass is 9.65. The molecule has 16 rings (SSSR count). The van der Waals surface area contributed by atoms with Gasteiger partial charge in [-0.15, -0.1) is 0 Å². The molecule has 0 atom stereocenters. The van der Waals surface area contributed by atoms with Crippen molar-refractivity contribution in [3.63, 3.8) is 0 Å². The van der Waals surface area contributed by atoms with Gasteiger partial charge in [0.1, 0.15) is 11.5 Å². The van der Waals surface area contributed by atoms with Crippen LogP contribution in [-0.2, 0) is 10.8 Å². The lowest BCUT2D eigenvalue weighted by Gasteiger charge is -2.40. The molecular weight excluding hydrogens is 943 g/mol. The third-order valence-electron chi connectivity index (χ3n) is 17.2. The van der Waals surface area contributed by atoms with Crippen LogP contribution in [0.1, 0.15) is 44.5 Å². The maximum atomic E-state index is 7.26. The normalized spacial score (nSPS) is 13.7. The van der Waals surface area contributed by atoms with Crippen molar-refractivity contribution in [2.75, 3.05) is 4.90 Å². The summed E-state index contributed by atoms with van der Waals surface area (Å²) in [5.74, 6) is 1.85. The molecule has 13 aromatic rings. The van der Waals surface area contributed by atoms with Crippen LogP contribution >= 0.6 is 0 Å². The Morgan fingerprint density at radius 3 is 1.31 bits per heavy atom. The van der Waals surface area contributed by atoms with Crippen molar-refractivity contribution < 1.29 is 4.74 Å². The second-order valence-corrected chi connectivity index (χ2v) is 21.0. The number of benzene rings is 13. The van der Waals surface area contributed by atoms with Gasteiger partial charge in [0.25, 0.3) is 0 Å². The Kier molecular flexibility index (Phi) is 9.80. The highest BCUT2D eigenvalue weighted by Crippen LogP contribution is 2.65. The predicted molar refractivity (Wildman–Crippen MR) is 322 cm³/mol. The van der Waals surface area contributed by atoms with Gasteiger partial charge in [0.2, 0.25) is 0 Å². The van der Waals surface area contributed by atoms with Crippen molar-refractivity contribution in [2.24, 2.45) is 0 Å². The average molecular weight is 992 g/mol. The molecule has 13 aromatic carbocycles. The number of hydrogen-bond donors (Lipinski definition) is 0. The fourth-order valence-corrected chi connectivity index (χ4v) is 13.9. The maximum absolute atomic E-state index is 7.26. The molecule has 0 fully saturated rings. The van der Waals surface area contributed by atoms with E-state index in [9.17, 15) is 0 Å². The van der Waals surface area contributed by atoms with E-state index in [-0.39, 0.29) is 0 Å². The van der Waals surface area contributed by atoms with Crippen LogP contribution in [0.25, 0.3) is 66.1 Å². The van der Waals surface area contributed by atoms with Crippen LogP contribution in [0.5, 0.6) is 11.5 Å². The summed E-state index contributed by atoms with van der Waals surface area (Å²) in [6.07, 6.45) is 0. The molecule has 0 radical (unpaired) electrons. The maximum Gasteiger partial charge on any atom is 0.140 e. The highest BCUT2D eigenvalue weighted by atomic mass is 16.5. The van der Waals surface area contributed by atoms with Gasteiger partial charge in [-0.25, -0.2) is 0 Å². The van der Waals surface area contributed by atoms with Crippen molar-refractivity contribution in [3.05, 3.63) is 342 Å². The molecule has 1 heterocycles. The Morgan fingerprint density at radius 2 is 0.692 bits per heavy atom. The first-order valence-electron chi connectivity index (χ1n) is 27.1. The van der Waals surface area contributed by atoms with Crippen molar-refractivity contribution in [1.82, 2.24) is 0 Å². The summed E-state index contributed by atoms with van der Waals surface area (Å²) in [4.78, 5) is 2.43. The van der Waals surface area contributed by atoms with E-state index >= 15 is 0 Å². The number of hydrogen-bond acceptors (Lipinski definition) is 2. The molecule has 0 amide bonds. The van der Waals surface area contributed by atoms with Crippen LogP contribution in [0.15, 0.2) is 297 Å². The molecule has 0 unspecified atom stereocenters. The lowest BCUT2D eigenvalue weighted by molar-refractivity contribution is 0.447. The molecular formula is C76H49NO. The predicted octanol–water partition coefficient (Wildman–Crippen LogP) is 19.6. The quantitative estimate of drug-likeness (QED) is 0.158. The number of rotatable bonds is 7. The van der Waals surface area contributed by atoms with Gasteiger partial charge < -0.3 is 9.64 Å². The molecule has 0 aromatic heterocycles. The summed E-state index contributed by atoms with van der Waals surface area (Å²) in [5, 5.41) is 4.55. The highest BCUT2D eigenvalue weighted by Gasteiger charge is 2.52. The number of anilines is 3. The van der Waals surface area contributed by atoms with Gasteiger partial charge in [0.15, 0.2) is 0 Å². The van der Waals surface area contributed by atoms with Gasteiger partial charge in [-0.3, -0.25) is 0 Å². The van der Waals surface area contributed by atoms with Gasteiger partial charge >= 0.3 is 0 Å². The van der Waals surface area contributed by atoms with Gasteiger partial charge in [0.05, 0.1) is 10.8 Å². The van der Waals surface area contributed by atoms with E-state index in [2.05, 4.69) is 302 Å². The fourth-order valence-electron chi connectivity index (χ4n) is 13.9. The largest absolute Gasteiger partial charge is 0.455 e. The first kappa shape index (κ1) is 44.3. The minimum absolute atomic E-state index is 0.486. The molecule has 0 bridgehead atoms. The van der Waals surface area contributed by atoms with Crippen LogP contribution < -0.4 is 9.64 Å². The van der Waals surface area contributed by atoms with Gasteiger partial charge in [-0.05, 0) is 125 Å². The molecule has 2 nitrogen and oxygen atoms in total. The molecule has 1 aliphatic heterocycles. The summed E-state index contributed by atoms with van der Waals surface area (Å²) in [6, 6.07) is 110. The van der Waals surface area contributed by atoms with Crippen LogP contribution in [0, 0.1) is 0 Å². The monoisotopic (exact) mass is 991 g/mol. The molecule has 2 aliphatic carbocycles. The van der Waals surface area contributed by atoms with E-state index in [0.717, 1.165) is 55.7 Å². The van der Waals surface area contributed by atoms with E-state index in [1.807, 2.05) is 0 Å². The standard InChI is InChI=1S/C76H49NO/c1-4-19-50(20-5-1)51-35-41-57(42-36-51)77(59-45-48-68-65(49-59)63-29-14-16-32-66(63)75(68,55-23-6-2-7-24-55)56-25-8-3-9-26-56)58-43-37-54(38-44-58)60-31-18-34-69-72(60)64-30-15-17-33-67(64)76(69)70-46-39-52-21-10-12-27-61(52)73(70)78-74-62-28-13-11-22-53(62)40-47-71(74)76/h1-49H. The zero-order valence-electron chi connectivity index (χ0n) is 42.6. The number of fused-ring (bicyclic) bond motifs is 16. The highest BCUT2D eigenvalue weighted by molar-refractivity contribution is 6.02. The van der Waals surface area contributed by atoms with E-state index in [1.54, 1.807) is 0 Å². The first-order valence-corrected chi connectivity index (χ1v) is 27.1. The number of ether oxygens (including phenoxy) is 1. The van der Waals surface area contributed by atoms with Crippen molar-refractivity contribution in [3.8, 4) is 56.0 Å². The van der Waals surface area contributed by atoms with Gasteiger partial charge in [0, 0.05) is 39.0 Å². The van der Waals surface area contributed by atoms with Crippen LogP contribution in [0.4, 0.5) is 17.1 Å². The zero-order valence-corrected chi connectivity index (χ0v) is 42.6. The zero-order chi connectivity index (χ0) is 51.4. The molecule has 0 saturated heterocycles. The third-order valence-corrected chi connectivity index (χ3v) is 17.2. The van der Waals surface area contributed by atoms with Crippen LogP contribution in [0.2, 0.25) is 0 Å². The summed E-state index contributed by atoms with van der Waals surface area (Å²) in [6.45, 7) is 0.